The highest BCUT2D eigenvalue weighted by atomic mass is 28.3. The minimum absolute atomic E-state index is 0.0851. The summed E-state index contributed by atoms with van der Waals surface area (Å²) in [6.45, 7) is 7.06. The topological polar surface area (TPSA) is 0 Å². The Balaban J connectivity index is 3.00. The second-order valence-electron chi connectivity index (χ2n) is 3.16. The summed E-state index contributed by atoms with van der Waals surface area (Å²) in [7, 11) is 0.0851. The van der Waals surface area contributed by atoms with Gasteiger partial charge in [0.25, 0.3) is 0 Å². The van der Waals surface area contributed by atoms with Crippen molar-refractivity contribution in [2.45, 2.75) is 58.2 Å². The molecule has 0 amide bonds. The van der Waals surface area contributed by atoms with Gasteiger partial charge in [0.05, 0.1) is 0 Å². The molecule has 0 aromatic heterocycles. The molecule has 0 nitrogen and oxygen atoms in total. The van der Waals surface area contributed by atoms with Gasteiger partial charge in [0.15, 0.2) is 0 Å². The van der Waals surface area contributed by atoms with Crippen LogP contribution in [0.25, 0.3) is 0 Å². The Labute approximate surface area is 67.6 Å². The van der Waals surface area contributed by atoms with Crippen LogP contribution in [0.2, 0.25) is 18.6 Å². The first-order valence-electron chi connectivity index (χ1n) is 4.62. The Kier molecular flexibility index (Phi) is 7.48. The molecular formula is C9H21Si. The summed E-state index contributed by atoms with van der Waals surface area (Å²) in [5.41, 5.74) is 0. The van der Waals surface area contributed by atoms with Crippen molar-refractivity contribution in [1.29, 1.82) is 0 Å². The van der Waals surface area contributed by atoms with Gasteiger partial charge in [-0.05, 0) is 0 Å². The van der Waals surface area contributed by atoms with Crippen molar-refractivity contribution >= 4 is 8.80 Å². The Morgan fingerprint density at radius 2 is 1.30 bits per heavy atom. The largest absolute Gasteiger partial charge is 0.0711 e. The Bertz CT molecular complexity index is 53.7. The molecule has 0 saturated heterocycles. The first-order chi connectivity index (χ1) is 4.81. The molecule has 0 rings (SSSR count). The van der Waals surface area contributed by atoms with Gasteiger partial charge < -0.3 is 0 Å². The average Bonchev–Trinajstić information content (AvgIpc) is 1.97. The predicted octanol–water partition coefficient (Wildman–Crippen LogP) is 3.71. The fourth-order valence-corrected chi connectivity index (χ4v) is 3.25. The van der Waals surface area contributed by atoms with Gasteiger partial charge in [-0.3, -0.25) is 0 Å². The van der Waals surface area contributed by atoms with E-state index < -0.39 is 0 Å². The molecule has 0 aromatic rings. The van der Waals surface area contributed by atoms with Crippen molar-refractivity contribution in [2.24, 2.45) is 0 Å². The molecule has 1 heteroatoms. The molecule has 1 radical (unpaired) electrons. The summed E-state index contributed by atoms with van der Waals surface area (Å²) >= 11 is 0. The third-order valence-corrected chi connectivity index (χ3v) is 4.33. The maximum absolute atomic E-state index is 2.48. The normalized spacial score (nSPS) is 10.8. The summed E-state index contributed by atoms with van der Waals surface area (Å²) in [5.74, 6) is 0. The van der Waals surface area contributed by atoms with Gasteiger partial charge in [0, 0.05) is 8.80 Å². The van der Waals surface area contributed by atoms with E-state index >= 15 is 0 Å². The second kappa shape index (κ2) is 7.33. The molecule has 0 N–H and O–H groups in total. The molecule has 0 aromatic carbocycles. The summed E-state index contributed by atoms with van der Waals surface area (Å²) in [4.78, 5) is 0. The van der Waals surface area contributed by atoms with Crippen molar-refractivity contribution in [3.05, 3.63) is 0 Å². The maximum Gasteiger partial charge on any atom is 0.0446 e. The molecule has 0 heterocycles. The molecule has 61 valence electrons. The van der Waals surface area contributed by atoms with Crippen molar-refractivity contribution < 1.29 is 0 Å². The third kappa shape index (κ3) is 6.34. The van der Waals surface area contributed by atoms with Crippen molar-refractivity contribution in [2.75, 3.05) is 0 Å². The van der Waals surface area contributed by atoms with Crippen molar-refractivity contribution in [3.63, 3.8) is 0 Å². The Morgan fingerprint density at radius 1 is 0.900 bits per heavy atom. The van der Waals surface area contributed by atoms with Crippen LogP contribution < -0.4 is 0 Å². The first-order valence-corrected chi connectivity index (χ1v) is 7.04. The SMILES string of the molecule is CCCC[Si](C)CCCC. The van der Waals surface area contributed by atoms with Crippen LogP contribution >= 0.6 is 0 Å². The van der Waals surface area contributed by atoms with Crippen LogP contribution in [0.5, 0.6) is 0 Å². The minimum Gasteiger partial charge on any atom is -0.0711 e. The lowest BCUT2D eigenvalue weighted by atomic mass is 10.4. The van der Waals surface area contributed by atoms with E-state index in [9.17, 15) is 0 Å². The van der Waals surface area contributed by atoms with E-state index in [1.54, 1.807) is 12.1 Å². The molecule has 0 unspecified atom stereocenters. The van der Waals surface area contributed by atoms with Gasteiger partial charge in [-0.2, -0.15) is 0 Å². The van der Waals surface area contributed by atoms with E-state index in [1.807, 2.05) is 0 Å². The van der Waals surface area contributed by atoms with Crippen LogP contribution in [0.3, 0.4) is 0 Å². The van der Waals surface area contributed by atoms with E-state index in [4.69, 9.17) is 0 Å². The zero-order valence-corrected chi connectivity index (χ0v) is 8.74. The molecule has 0 fully saturated rings. The smallest absolute Gasteiger partial charge is 0.0446 e. The molecule has 10 heavy (non-hydrogen) atoms. The number of hydrogen-bond donors (Lipinski definition) is 0. The van der Waals surface area contributed by atoms with E-state index in [-0.39, 0.29) is 8.80 Å². The highest BCUT2D eigenvalue weighted by Gasteiger charge is 2.01. The van der Waals surface area contributed by atoms with Gasteiger partial charge in [-0.25, -0.2) is 0 Å². The molecule has 0 spiro atoms. The standard InChI is InChI=1S/C9H21Si/c1-4-6-8-10(3)9-7-5-2/h4-9H2,1-3H3. The first kappa shape index (κ1) is 10.2. The third-order valence-electron chi connectivity index (χ3n) is 1.91. The molecule has 0 aliphatic heterocycles. The van der Waals surface area contributed by atoms with Crippen molar-refractivity contribution in [1.82, 2.24) is 0 Å². The molecule has 0 aliphatic rings. The van der Waals surface area contributed by atoms with E-state index in [2.05, 4.69) is 20.4 Å². The number of hydrogen-bond acceptors (Lipinski definition) is 0. The molecule has 0 saturated carbocycles. The zero-order valence-electron chi connectivity index (χ0n) is 7.74. The number of rotatable bonds is 6. The van der Waals surface area contributed by atoms with Crippen LogP contribution in [0.4, 0.5) is 0 Å². The maximum atomic E-state index is 2.48. The van der Waals surface area contributed by atoms with Crippen LogP contribution in [0, 0.1) is 0 Å². The lowest BCUT2D eigenvalue weighted by Gasteiger charge is -2.06. The van der Waals surface area contributed by atoms with E-state index in [0.717, 1.165) is 0 Å². The Hall–Kier alpha value is 0.217. The monoisotopic (exact) mass is 157 g/mol. The highest BCUT2D eigenvalue weighted by molar-refractivity contribution is 6.57. The van der Waals surface area contributed by atoms with Crippen LogP contribution in [0.1, 0.15) is 39.5 Å². The lowest BCUT2D eigenvalue weighted by Crippen LogP contribution is -2.04. The van der Waals surface area contributed by atoms with Crippen LogP contribution in [-0.2, 0) is 0 Å². The average molecular weight is 157 g/mol. The minimum atomic E-state index is 0.0851. The Morgan fingerprint density at radius 3 is 1.60 bits per heavy atom. The summed E-state index contributed by atoms with van der Waals surface area (Å²) in [5, 5.41) is 0. The van der Waals surface area contributed by atoms with Crippen molar-refractivity contribution in [3.8, 4) is 0 Å². The zero-order chi connectivity index (χ0) is 7.82. The van der Waals surface area contributed by atoms with Gasteiger partial charge in [0.1, 0.15) is 0 Å². The predicted molar refractivity (Wildman–Crippen MR) is 51.0 cm³/mol. The van der Waals surface area contributed by atoms with Gasteiger partial charge in [-0.1, -0.05) is 58.2 Å². The molecular weight excluding hydrogens is 136 g/mol. The van der Waals surface area contributed by atoms with E-state index in [0.29, 0.717) is 0 Å². The molecule has 0 aliphatic carbocycles. The molecule has 0 bridgehead atoms. The van der Waals surface area contributed by atoms with Gasteiger partial charge in [-0.15, -0.1) is 0 Å². The second-order valence-corrected chi connectivity index (χ2v) is 6.08. The lowest BCUT2D eigenvalue weighted by molar-refractivity contribution is 0.842. The summed E-state index contributed by atoms with van der Waals surface area (Å²) in [6, 6.07) is 3.09. The van der Waals surface area contributed by atoms with Crippen LogP contribution in [-0.4, -0.2) is 8.80 Å². The van der Waals surface area contributed by atoms with Gasteiger partial charge in [0.2, 0.25) is 0 Å². The quantitative estimate of drug-likeness (QED) is 0.516. The van der Waals surface area contributed by atoms with E-state index in [1.165, 1.54) is 25.7 Å². The summed E-state index contributed by atoms with van der Waals surface area (Å²) in [6.07, 6.45) is 5.70. The summed E-state index contributed by atoms with van der Waals surface area (Å²) < 4.78 is 0. The molecule has 0 atom stereocenters. The highest BCUT2D eigenvalue weighted by Crippen LogP contribution is 2.08. The van der Waals surface area contributed by atoms with Gasteiger partial charge >= 0.3 is 0 Å². The number of unbranched alkanes of at least 4 members (excludes halogenated alkanes) is 2. The van der Waals surface area contributed by atoms with Crippen LogP contribution in [0.15, 0.2) is 0 Å². The fourth-order valence-electron chi connectivity index (χ4n) is 1.08. The fraction of sp³-hybridized carbons (Fsp3) is 1.00.